The molecule has 94 heavy (non-hydrogen) atoms. The maximum absolute atomic E-state index is 15.3. The fourth-order valence-corrected chi connectivity index (χ4v) is 19.5. The maximum Gasteiger partial charge on any atom is 0.315 e. The number of ether oxygens (including phenoxy) is 11. The molecule has 17 N–H and O–H groups in total. The normalized spacial score (nSPS) is 55.0. The van der Waals surface area contributed by atoms with E-state index >= 15 is 4.79 Å². The summed E-state index contributed by atoms with van der Waals surface area (Å²) in [5.74, 6) is -0.766. The highest BCUT2D eigenvalue weighted by molar-refractivity contribution is 5.79. The van der Waals surface area contributed by atoms with E-state index in [-0.39, 0.29) is 51.9 Å². The molecule has 29 heteroatoms. The quantitative estimate of drug-likeness (QED) is 0.0595. The van der Waals surface area contributed by atoms with Gasteiger partial charge in [0.1, 0.15) is 128 Å². The number of aliphatic hydroxyl groups is 17. The largest absolute Gasteiger partial charge is 0.432 e. The van der Waals surface area contributed by atoms with Crippen molar-refractivity contribution in [2.24, 2.45) is 56.2 Å². The van der Waals surface area contributed by atoms with E-state index in [1.54, 1.807) is 0 Å². The Morgan fingerprint density at radius 1 is 0.511 bits per heavy atom. The van der Waals surface area contributed by atoms with E-state index in [0.29, 0.717) is 38.5 Å². The molecule has 540 valence electrons. The van der Waals surface area contributed by atoms with Crippen molar-refractivity contribution in [3.8, 4) is 0 Å². The zero-order chi connectivity index (χ0) is 68.6. The van der Waals surface area contributed by atoms with Gasteiger partial charge in [-0.2, -0.15) is 0 Å². The Morgan fingerprint density at radius 2 is 1.04 bits per heavy atom. The highest BCUT2D eigenvalue weighted by Gasteiger charge is 2.71. The van der Waals surface area contributed by atoms with Gasteiger partial charge >= 0.3 is 5.97 Å². The van der Waals surface area contributed by atoms with Gasteiger partial charge in [-0.05, 0) is 129 Å². The number of aliphatic hydroxyl groups excluding tert-OH is 17. The van der Waals surface area contributed by atoms with Crippen molar-refractivity contribution in [1.29, 1.82) is 0 Å². The lowest BCUT2D eigenvalue weighted by atomic mass is 9.33. The highest BCUT2D eigenvalue weighted by Crippen LogP contribution is 2.76. The Bertz CT molecular complexity index is 2650. The summed E-state index contributed by atoms with van der Waals surface area (Å²) in [6, 6.07) is 0. The first-order chi connectivity index (χ1) is 44.0. The van der Waals surface area contributed by atoms with E-state index in [2.05, 4.69) is 54.5 Å². The molecule has 0 radical (unpaired) electrons. The van der Waals surface area contributed by atoms with Gasteiger partial charge in [0.15, 0.2) is 25.2 Å². The van der Waals surface area contributed by atoms with Crippen molar-refractivity contribution in [2.45, 2.75) is 304 Å². The predicted octanol–water partition coefficient (Wildman–Crippen LogP) is -3.42. The van der Waals surface area contributed by atoms with Crippen LogP contribution in [0, 0.1) is 56.2 Å². The summed E-state index contributed by atoms with van der Waals surface area (Å²) < 4.78 is 65.6. The molecule has 0 aromatic rings. The summed E-state index contributed by atoms with van der Waals surface area (Å²) >= 11 is 0. The molecule has 0 amide bonds. The summed E-state index contributed by atoms with van der Waals surface area (Å²) in [4.78, 5) is 15.3. The number of hydrogen-bond donors (Lipinski definition) is 17. The van der Waals surface area contributed by atoms with Crippen LogP contribution in [0.5, 0.6) is 0 Å². The molecule has 6 heterocycles. The SMILES string of the molecule is C[C@@H]1O[C@@H](O[C@@H]2[C@@H](O)[C@@H](O)CO[C@H]2[C@H]2CC[C@]3(C)[C@H]4CC=C5[C@@H]6CC(C)(C)CC[C@]6(C(=O)O[C@@H]6O[C@@H](C)[C@H](O[C@@H]7O[C@H](CO[C@@H]8O[C@H](CO)[C@@H](O)[C@H](O)[C@H]8O)[C@@H](O)[C@H](O)[C@H]7O)[C@@H](O)[C@H]6O)CC[C@@]5(C)[C@]4(C)CC[C@H]3C2(C)C)[C@H](O)[C@H](O[C@@H]2O[C@H](CO)[C@@H](O)[C@H](O)[C@H]2O)[C@H]1O. The molecule has 11 rings (SSSR count). The third-order valence-corrected chi connectivity index (χ3v) is 25.5. The van der Waals surface area contributed by atoms with Crippen LogP contribution in [0.1, 0.15) is 127 Å². The molecule has 0 spiro atoms. The van der Waals surface area contributed by atoms with E-state index in [1.807, 2.05) is 0 Å². The predicted molar refractivity (Wildman–Crippen MR) is 318 cm³/mol. The molecule has 0 aromatic heterocycles. The third-order valence-electron chi connectivity index (χ3n) is 25.5. The Balaban J connectivity index is 0.771. The molecule has 10 fully saturated rings. The Morgan fingerprint density at radius 3 is 1.67 bits per heavy atom. The molecule has 4 saturated carbocycles. The molecule has 37 atom stereocenters. The number of fused-ring (bicyclic) bond motifs is 7. The Hall–Kier alpha value is -1.87. The van der Waals surface area contributed by atoms with Crippen LogP contribution in [0.4, 0.5) is 0 Å². The Kier molecular flexibility index (Phi) is 21.2. The second kappa shape index (κ2) is 27.1. The molecular formula is C65H106O29. The van der Waals surface area contributed by atoms with Crippen LogP contribution >= 0.6 is 0 Å². The molecule has 0 unspecified atom stereocenters. The van der Waals surface area contributed by atoms with Crippen LogP contribution in [0.15, 0.2) is 11.6 Å². The van der Waals surface area contributed by atoms with Gasteiger partial charge in [0.2, 0.25) is 6.29 Å². The van der Waals surface area contributed by atoms with Gasteiger partial charge in [-0.15, -0.1) is 0 Å². The fraction of sp³-hybridized carbons (Fsp3) is 0.954. The van der Waals surface area contributed by atoms with Crippen molar-refractivity contribution in [3.05, 3.63) is 11.6 Å². The van der Waals surface area contributed by atoms with E-state index < -0.39 is 215 Å². The molecule has 29 nitrogen and oxygen atoms in total. The second-order valence-corrected chi connectivity index (χ2v) is 31.5. The number of carbonyl (C=O) groups excluding carboxylic acids is 1. The lowest BCUT2D eigenvalue weighted by Gasteiger charge is -2.72. The van der Waals surface area contributed by atoms with Crippen molar-refractivity contribution in [3.63, 3.8) is 0 Å². The minimum atomic E-state index is -1.91. The second-order valence-electron chi connectivity index (χ2n) is 31.5. The van der Waals surface area contributed by atoms with Gasteiger partial charge in [0.05, 0.1) is 50.2 Å². The van der Waals surface area contributed by atoms with Gasteiger partial charge < -0.3 is 139 Å². The van der Waals surface area contributed by atoms with Crippen LogP contribution in [-0.4, -0.2) is 297 Å². The third kappa shape index (κ3) is 12.3. The van der Waals surface area contributed by atoms with Crippen molar-refractivity contribution < 1.29 is 144 Å². The molecule has 6 aliphatic heterocycles. The smallest absolute Gasteiger partial charge is 0.315 e. The molecular weight excluding hydrogens is 1240 g/mol. The number of carbonyl (C=O) groups is 1. The van der Waals surface area contributed by atoms with Crippen molar-refractivity contribution >= 4 is 5.97 Å². The van der Waals surface area contributed by atoms with Crippen LogP contribution in [0.3, 0.4) is 0 Å². The fourth-order valence-electron chi connectivity index (χ4n) is 19.5. The van der Waals surface area contributed by atoms with Crippen LogP contribution < -0.4 is 0 Å². The highest BCUT2D eigenvalue weighted by atomic mass is 16.8. The molecule has 6 saturated heterocycles. The standard InChI is InChI=1S/C65H106O29/c1-25-36(69)52(92-56-46(79)42(75)39(72)32(22-67)89-56)49(82)58(86-25)93-53-37(70)30(68)23-84-51(53)28-12-14-62(7)34(61(28,5)6)13-15-64(9)35(62)11-10-27-29-20-60(3,4)16-18-65(29,19-17-63(27,64)8)59(83)94-55-48(81)44(77)50(26(2)87-55)91-57-47(80)43(76)40(73)33(90-57)24-85-54-45(78)41(74)38(71)31(21-66)88-54/h10,25-26,28-58,66-82H,11-24H2,1-9H3/t25-,26-,28+,29-,30-,31+,32+,33+,34-,35+,36-,37-,38+,39+,40+,41-,42-,43-,44-,45+,46+,47+,48+,49+,50-,51-,52+,53+,54+,55-,56-,57-,58-,62-,63+,64+,65-/m0/s1. The number of allylic oxidation sites excluding steroid dienone is 2. The van der Waals surface area contributed by atoms with Gasteiger partial charge in [-0.25, -0.2) is 0 Å². The van der Waals surface area contributed by atoms with E-state index in [1.165, 1.54) is 19.4 Å². The lowest BCUT2D eigenvalue weighted by molar-refractivity contribution is -0.371. The molecule has 0 aromatic carbocycles. The minimum absolute atomic E-state index is 0.118. The van der Waals surface area contributed by atoms with Gasteiger partial charge in [0, 0.05) is 0 Å². The first kappa shape index (κ1) is 73.4. The first-order valence-corrected chi connectivity index (χ1v) is 33.8. The molecule has 11 aliphatic rings. The Labute approximate surface area is 546 Å². The van der Waals surface area contributed by atoms with Crippen molar-refractivity contribution in [2.75, 3.05) is 26.4 Å². The summed E-state index contributed by atoms with van der Waals surface area (Å²) in [5.41, 5.74) is -1.29. The lowest BCUT2D eigenvalue weighted by Crippen LogP contribution is -2.68. The van der Waals surface area contributed by atoms with Crippen molar-refractivity contribution in [1.82, 2.24) is 0 Å². The minimum Gasteiger partial charge on any atom is -0.432 e. The van der Waals surface area contributed by atoms with Crippen LogP contribution in [-0.2, 0) is 56.9 Å². The maximum atomic E-state index is 15.3. The molecule has 0 bridgehead atoms. The van der Waals surface area contributed by atoms with Gasteiger partial charge in [-0.1, -0.05) is 60.1 Å². The summed E-state index contributed by atoms with van der Waals surface area (Å²) in [6.07, 6.45) is -36.6. The van der Waals surface area contributed by atoms with E-state index in [4.69, 9.17) is 52.1 Å². The zero-order valence-electron chi connectivity index (χ0n) is 55.0. The van der Waals surface area contributed by atoms with E-state index in [0.717, 1.165) is 25.7 Å². The topological polar surface area (TPSA) is 463 Å². The number of hydrogen-bond acceptors (Lipinski definition) is 29. The van der Waals surface area contributed by atoms with Gasteiger partial charge in [0.25, 0.3) is 0 Å². The number of esters is 1. The molecule has 5 aliphatic carbocycles. The summed E-state index contributed by atoms with van der Waals surface area (Å²) in [5, 5.41) is 184. The zero-order valence-corrected chi connectivity index (χ0v) is 55.0. The average molecular weight is 1350 g/mol. The van der Waals surface area contributed by atoms with Gasteiger partial charge in [-0.3, -0.25) is 4.79 Å². The first-order valence-electron chi connectivity index (χ1n) is 33.8. The van der Waals surface area contributed by atoms with Crippen LogP contribution in [0.25, 0.3) is 0 Å². The average Bonchev–Trinajstić information content (AvgIpc) is 0.675. The number of rotatable bonds is 14. The monoisotopic (exact) mass is 1350 g/mol. The summed E-state index contributed by atoms with van der Waals surface area (Å²) in [6.45, 7) is 16.8. The van der Waals surface area contributed by atoms with E-state index in [9.17, 15) is 86.8 Å². The van der Waals surface area contributed by atoms with Crippen LogP contribution in [0.2, 0.25) is 0 Å². The summed E-state index contributed by atoms with van der Waals surface area (Å²) in [7, 11) is 0.